The minimum atomic E-state index is -0.0122. The standard InChI is InChI=1S/C18H25N5O2/c1-12-9-13(25-21-12)10-23-8-4-6-18(11-23)7-5-14-15(18)19-17(22(2)3)20-16(14)24/h9H,4-8,10-11H2,1-3H3,(H,19,20,24). The van der Waals surface area contributed by atoms with E-state index in [4.69, 9.17) is 9.51 Å². The monoisotopic (exact) mass is 343 g/mol. The largest absolute Gasteiger partial charge is 0.360 e. The summed E-state index contributed by atoms with van der Waals surface area (Å²) in [6.07, 6.45) is 4.02. The molecule has 1 unspecified atom stereocenters. The Kier molecular flexibility index (Phi) is 3.91. The molecule has 7 nitrogen and oxygen atoms in total. The third-order valence-electron chi connectivity index (χ3n) is 5.49. The Morgan fingerprint density at radius 1 is 1.40 bits per heavy atom. The van der Waals surface area contributed by atoms with Gasteiger partial charge in [0.05, 0.1) is 17.9 Å². The normalized spacial score (nSPS) is 23.2. The van der Waals surface area contributed by atoms with Crippen molar-refractivity contribution in [2.75, 3.05) is 32.1 Å². The average Bonchev–Trinajstić information content (AvgIpc) is 3.12. The minimum Gasteiger partial charge on any atom is -0.360 e. The van der Waals surface area contributed by atoms with Gasteiger partial charge in [0.25, 0.3) is 5.56 Å². The predicted octanol–water partition coefficient (Wildman–Crippen LogP) is 1.61. The molecule has 1 spiro atoms. The van der Waals surface area contributed by atoms with Crippen molar-refractivity contribution in [3.63, 3.8) is 0 Å². The molecule has 4 rings (SSSR count). The lowest BCUT2D eigenvalue weighted by Gasteiger charge is -2.40. The van der Waals surface area contributed by atoms with E-state index in [1.807, 2.05) is 32.0 Å². The van der Waals surface area contributed by atoms with Crippen LogP contribution < -0.4 is 10.5 Å². The fraction of sp³-hybridized carbons (Fsp3) is 0.611. The molecule has 7 heteroatoms. The van der Waals surface area contributed by atoms with Crippen LogP contribution in [0.25, 0.3) is 0 Å². The Hall–Kier alpha value is -2.15. The van der Waals surface area contributed by atoms with Crippen LogP contribution in [0.4, 0.5) is 5.95 Å². The number of aromatic amines is 1. The van der Waals surface area contributed by atoms with Crippen molar-refractivity contribution in [3.8, 4) is 0 Å². The first-order chi connectivity index (χ1) is 12.0. The van der Waals surface area contributed by atoms with Gasteiger partial charge in [-0.3, -0.25) is 14.7 Å². The first-order valence-electron chi connectivity index (χ1n) is 8.92. The van der Waals surface area contributed by atoms with Gasteiger partial charge in [-0.2, -0.15) is 0 Å². The lowest BCUT2D eigenvalue weighted by molar-refractivity contribution is 0.125. The summed E-state index contributed by atoms with van der Waals surface area (Å²) in [5, 5.41) is 3.98. The average molecular weight is 343 g/mol. The summed E-state index contributed by atoms with van der Waals surface area (Å²) in [6.45, 7) is 4.67. The van der Waals surface area contributed by atoms with E-state index < -0.39 is 0 Å². The molecule has 0 amide bonds. The molecule has 1 atom stereocenters. The van der Waals surface area contributed by atoms with Crippen molar-refractivity contribution in [2.24, 2.45) is 0 Å². The molecule has 2 aliphatic rings. The molecule has 0 bridgehead atoms. The van der Waals surface area contributed by atoms with E-state index in [0.29, 0.717) is 5.95 Å². The number of rotatable bonds is 3. The van der Waals surface area contributed by atoms with Gasteiger partial charge in [-0.25, -0.2) is 4.98 Å². The number of aromatic nitrogens is 3. The van der Waals surface area contributed by atoms with Crippen molar-refractivity contribution in [3.05, 3.63) is 39.1 Å². The van der Waals surface area contributed by atoms with Gasteiger partial charge < -0.3 is 9.42 Å². The molecular weight excluding hydrogens is 318 g/mol. The van der Waals surface area contributed by atoms with Crippen LogP contribution in [0.5, 0.6) is 0 Å². The van der Waals surface area contributed by atoms with Crippen LogP contribution in [0.3, 0.4) is 0 Å². The van der Waals surface area contributed by atoms with Crippen LogP contribution in [0.15, 0.2) is 15.4 Å². The highest BCUT2D eigenvalue weighted by atomic mass is 16.5. The molecule has 0 aromatic carbocycles. The summed E-state index contributed by atoms with van der Waals surface area (Å²) in [5.41, 5.74) is 2.81. The zero-order chi connectivity index (χ0) is 17.6. The van der Waals surface area contributed by atoms with Gasteiger partial charge in [0, 0.05) is 37.7 Å². The Bertz CT molecular complexity index is 840. The van der Waals surface area contributed by atoms with Gasteiger partial charge in [0.2, 0.25) is 5.95 Å². The Balaban J connectivity index is 1.64. The Labute approximate surface area is 147 Å². The summed E-state index contributed by atoms with van der Waals surface area (Å²) in [4.78, 5) is 24.5. The topological polar surface area (TPSA) is 78.3 Å². The van der Waals surface area contributed by atoms with E-state index >= 15 is 0 Å². The van der Waals surface area contributed by atoms with E-state index in [1.54, 1.807) is 0 Å². The van der Waals surface area contributed by atoms with Crippen LogP contribution in [0.2, 0.25) is 0 Å². The number of nitrogens with one attached hydrogen (secondary N) is 1. The molecule has 134 valence electrons. The van der Waals surface area contributed by atoms with Crippen LogP contribution in [-0.2, 0) is 18.4 Å². The highest BCUT2D eigenvalue weighted by Crippen LogP contribution is 2.43. The summed E-state index contributed by atoms with van der Waals surface area (Å²) < 4.78 is 5.39. The van der Waals surface area contributed by atoms with Gasteiger partial charge in [-0.1, -0.05) is 5.16 Å². The van der Waals surface area contributed by atoms with Crippen LogP contribution in [-0.4, -0.2) is 47.2 Å². The number of hydrogen-bond donors (Lipinski definition) is 1. The zero-order valence-electron chi connectivity index (χ0n) is 15.1. The van der Waals surface area contributed by atoms with Crippen molar-refractivity contribution in [2.45, 2.75) is 44.6 Å². The Morgan fingerprint density at radius 2 is 2.24 bits per heavy atom. The second-order valence-electron chi connectivity index (χ2n) is 7.64. The summed E-state index contributed by atoms with van der Waals surface area (Å²) in [5.74, 6) is 1.55. The molecule has 2 aromatic heterocycles. The first-order valence-corrected chi connectivity index (χ1v) is 8.92. The zero-order valence-corrected chi connectivity index (χ0v) is 15.1. The van der Waals surface area contributed by atoms with Crippen molar-refractivity contribution < 1.29 is 4.52 Å². The molecule has 2 aromatic rings. The maximum Gasteiger partial charge on any atom is 0.255 e. The number of fused-ring (bicyclic) bond motifs is 2. The van der Waals surface area contributed by atoms with Gasteiger partial charge in [0.1, 0.15) is 0 Å². The number of likely N-dealkylation sites (tertiary alicyclic amines) is 1. The van der Waals surface area contributed by atoms with E-state index in [0.717, 1.165) is 68.0 Å². The molecule has 1 aliphatic carbocycles. The number of piperidine rings is 1. The van der Waals surface area contributed by atoms with Gasteiger partial charge >= 0.3 is 0 Å². The lowest BCUT2D eigenvalue weighted by atomic mass is 9.77. The molecule has 3 heterocycles. The van der Waals surface area contributed by atoms with Crippen LogP contribution >= 0.6 is 0 Å². The third-order valence-corrected chi connectivity index (χ3v) is 5.49. The number of anilines is 1. The van der Waals surface area contributed by atoms with Gasteiger partial charge in [-0.05, 0) is 39.2 Å². The molecule has 0 saturated carbocycles. The SMILES string of the molecule is Cc1cc(CN2CCCC3(CCc4c3nc(N(C)C)[nH]c4=O)C2)on1. The first kappa shape index (κ1) is 16.3. The number of aryl methyl sites for hydroxylation is 1. The number of H-pyrrole nitrogens is 1. The summed E-state index contributed by atoms with van der Waals surface area (Å²) in [6, 6.07) is 2.00. The van der Waals surface area contributed by atoms with E-state index in [1.165, 1.54) is 0 Å². The van der Waals surface area contributed by atoms with Gasteiger partial charge in [-0.15, -0.1) is 0 Å². The quantitative estimate of drug-likeness (QED) is 0.912. The smallest absolute Gasteiger partial charge is 0.255 e. The molecule has 1 aliphatic heterocycles. The van der Waals surface area contributed by atoms with Gasteiger partial charge in [0.15, 0.2) is 5.76 Å². The summed E-state index contributed by atoms with van der Waals surface area (Å²) in [7, 11) is 3.82. The molecule has 1 saturated heterocycles. The van der Waals surface area contributed by atoms with E-state index in [2.05, 4.69) is 15.0 Å². The van der Waals surface area contributed by atoms with Crippen LogP contribution in [0, 0.1) is 6.92 Å². The molecule has 1 fully saturated rings. The van der Waals surface area contributed by atoms with Crippen molar-refractivity contribution >= 4 is 5.95 Å². The third kappa shape index (κ3) is 2.86. The Morgan fingerprint density at radius 3 is 2.96 bits per heavy atom. The second-order valence-corrected chi connectivity index (χ2v) is 7.64. The second kappa shape index (κ2) is 5.98. The predicted molar refractivity (Wildman–Crippen MR) is 94.9 cm³/mol. The highest BCUT2D eigenvalue weighted by molar-refractivity contribution is 5.39. The molecule has 25 heavy (non-hydrogen) atoms. The maximum absolute atomic E-state index is 12.5. The van der Waals surface area contributed by atoms with E-state index in [-0.39, 0.29) is 11.0 Å². The number of hydrogen-bond acceptors (Lipinski definition) is 6. The minimum absolute atomic E-state index is 0.0122. The van der Waals surface area contributed by atoms with Crippen molar-refractivity contribution in [1.82, 2.24) is 20.0 Å². The van der Waals surface area contributed by atoms with Crippen LogP contribution in [0.1, 0.15) is 42.0 Å². The lowest BCUT2D eigenvalue weighted by Crippen LogP contribution is -2.45. The summed E-state index contributed by atoms with van der Waals surface area (Å²) >= 11 is 0. The fourth-order valence-corrected chi connectivity index (χ4v) is 4.32. The molecular formula is C18H25N5O2. The molecule has 1 N–H and O–H groups in total. The van der Waals surface area contributed by atoms with E-state index in [9.17, 15) is 4.79 Å². The highest BCUT2D eigenvalue weighted by Gasteiger charge is 2.44. The molecule has 0 radical (unpaired) electrons. The number of nitrogens with zero attached hydrogens (tertiary/aromatic N) is 4. The fourth-order valence-electron chi connectivity index (χ4n) is 4.32. The van der Waals surface area contributed by atoms with Crippen molar-refractivity contribution in [1.29, 1.82) is 0 Å². The maximum atomic E-state index is 12.5.